The van der Waals surface area contributed by atoms with Crippen LogP contribution in [0.2, 0.25) is 0 Å². The van der Waals surface area contributed by atoms with Crippen LogP contribution < -0.4 is 15.8 Å². The number of hydrogen-bond acceptors (Lipinski definition) is 5. The van der Waals surface area contributed by atoms with Crippen LogP contribution in [0.15, 0.2) is 18.7 Å². The third-order valence-corrected chi connectivity index (χ3v) is 1.58. The molecule has 1 aromatic heterocycles. The van der Waals surface area contributed by atoms with Gasteiger partial charge in [0.15, 0.2) is 0 Å². The van der Waals surface area contributed by atoms with E-state index < -0.39 is 0 Å². The average Bonchev–Trinajstić information content (AvgIpc) is 2.17. The Labute approximate surface area is 83.0 Å². The minimum atomic E-state index is 0.199. The van der Waals surface area contributed by atoms with Crippen LogP contribution >= 0.6 is 0 Å². The summed E-state index contributed by atoms with van der Waals surface area (Å²) in [4.78, 5) is 7.86. The maximum atomic E-state index is 5.48. The molecule has 5 nitrogen and oxygen atoms in total. The largest absolute Gasteiger partial charge is 0.481 e. The number of rotatable bonds is 5. The molecule has 0 radical (unpaired) electrons. The fourth-order valence-electron chi connectivity index (χ4n) is 0.940. The predicted molar refractivity (Wildman–Crippen MR) is 56.3 cm³/mol. The summed E-state index contributed by atoms with van der Waals surface area (Å²) in [7, 11) is 1.54. The van der Waals surface area contributed by atoms with E-state index in [-0.39, 0.29) is 5.95 Å². The molecular formula is C9H14N4O. The topological polar surface area (TPSA) is 73.1 Å². The van der Waals surface area contributed by atoms with Crippen LogP contribution in [0, 0.1) is 0 Å². The van der Waals surface area contributed by atoms with E-state index in [2.05, 4.69) is 21.9 Å². The number of nitrogens with zero attached hydrogens (tertiary/aromatic N) is 2. The molecule has 0 saturated heterocycles. The van der Waals surface area contributed by atoms with Gasteiger partial charge < -0.3 is 15.8 Å². The van der Waals surface area contributed by atoms with E-state index in [9.17, 15) is 0 Å². The fourth-order valence-corrected chi connectivity index (χ4v) is 0.940. The summed E-state index contributed by atoms with van der Waals surface area (Å²) < 4.78 is 4.95. The quantitative estimate of drug-likeness (QED) is 0.541. The number of hydrogen-bond donors (Lipinski definition) is 2. The molecule has 1 rings (SSSR count). The van der Waals surface area contributed by atoms with Crippen LogP contribution in [0.1, 0.15) is 6.42 Å². The SMILES string of the molecule is C=CCCNc1cc(OC)nc(N)n1. The van der Waals surface area contributed by atoms with Crippen LogP contribution in [0.4, 0.5) is 11.8 Å². The van der Waals surface area contributed by atoms with Gasteiger partial charge >= 0.3 is 0 Å². The number of ether oxygens (including phenoxy) is 1. The van der Waals surface area contributed by atoms with Crippen molar-refractivity contribution in [3.63, 3.8) is 0 Å². The highest BCUT2D eigenvalue weighted by atomic mass is 16.5. The fraction of sp³-hybridized carbons (Fsp3) is 0.333. The number of aromatic nitrogens is 2. The van der Waals surface area contributed by atoms with Crippen molar-refractivity contribution in [1.29, 1.82) is 0 Å². The van der Waals surface area contributed by atoms with Gasteiger partial charge in [0.25, 0.3) is 0 Å². The number of nitrogens with two attached hydrogens (primary N) is 1. The van der Waals surface area contributed by atoms with E-state index in [1.54, 1.807) is 6.07 Å². The van der Waals surface area contributed by atoms with E-state index in [0.29, 0.717) is 11.7 Å². The average molecular weight is 194 g/mol. The molecular weight excluding hydrogens is 180 g/mol. The van der Waals surface area contributed by atoms with E-state index in [4.69, 9.17) is 10.5 Å². The molecule has 0 aliphatic carbocycles. The van der Waals surface area contributed by atoms with Crippen LogP contribution in [-0.4, -0.2) is 23.6 Å². The van der Waals surface area contributed by atoms with Gasteiger partial charge in [-0.05, 0) is 6.42 Å². The van der Waals surface area contributed by atoms with E-state index in [0.717, 1.165) is 13.0 Å². The lowest BCUT2D eigenvalue weighted by atomic mass is 10.4. The van der Waals surface area contributed by atoms with Crippen molar-refractivity contribution in [3.8, 4) is 5.88 Å². The first-order valence-corrected chi connectivity index (χ1v) is 4.29. The third kappa shape index (κ3) is 2.93. The zero-order valence-electron chi connectivity index (χ0n) is 8.16. The first-order valence-electron chi connectivity index (χ1n) is 4.29. The van der Waals surface area contributed by atoms with Crippen molar-refractivity contribution < 1.29 is 4.74 Å². The van der Waals surface area contributed by atoms with Crippen LogP contribution in [0.5, 0.6) is 5.88 Å². The van der Waals surface area contributed by atoms with Gasteiger partial charge in [0.1, 0.15) is 5.82 Å². The standard InChI is InChI=1S/C9H14N4O/c1-3-4-5-11-7-6-8(14-2)13-9(10)12-7/h3,6H,1,4-5H2,2H3,(H3,10,11,12,13). The Kier molecular flexibility index (Phi) is 3.72. The molecule has 1 aromatic rings. The second-order valence-electron chi connectivity index (χ2n) is 2.66. The van der Waals surface area contributed by atoms with Gasteiger partial charge in [-0.1, -0.05) is 6.08 Å². The van der Waals surface area contributed by atoms with Gasteiger partial charge in [-0.3, -0.25) is 0 Å². The van der Waals surface area contributed by atoms with E-state index in [1.165, 1.54) is 7.11 Å². The molecule has 0 saturated carbocycles. The maximum Gasteiger partial charge on any atom is 0.225 e. The summed E-state index contributed by atoms with van der Waals surface area (Å²) in [5.41, 5.74) is 5.48. The second-order valence-corrected chi connectivity index (χ2v) is 2.66. The van der Waals surface area contributed by atoms with Crippen molar-refractivity contribution in [2.24, 2.45) is 0 Å². The molecule has 0 atom stereocenters. The molecule has 3 N–H and O–H groups in total. The lowest BCUT2D eigenvalue weighted by Crippen LogP contribution is -2.05. The summed E-state index contributed by atoms with van der Waals surface area (Å²) in [6, 6.07) is 1.69. The van der Waals surface area contributed by atoms with Crippen molar-refractivity contribution >= 4 is 11.8 Å². The molecule has 5 heteroatoms. The van der Waals surface area contributed by atoms with Gasteiger partial charge in [-0.15, -0.1) is 6.58 Å². The van der Waals surface area contributed by atoms with Crippen LogP contribution in [-0.2, 0) is 0 Å². The van der Waals surface area contributed by atoms with Crippen molar-refractivity contribution in [2.45, 2.75) is 6.42 Å². The molecule has 0 aromatic carbocycles. The van der Waals surface area contributed by atoms with Crippen molar-refractivity contribution in [1.82, 2.24) is 9.97 Å². The Balaban J connectivity index is 2.66. The molecule has 14 heavy (non-hydrogen) atoms. The Hall–Kier alpha value is -1.78. The number of nitrogens with one attached hydrogen (secondary N) is 1. The lowest BCUT2D eigenvalue weighted by molar-refractivity contribution is 0.398. The first-order chi connectivity index (χ1) is 6.76. The normalized spacial score (nSPS) is 9.50. The summed E-state index contributed by atoms with van der Waals surface area (Å²) in [5.74, 6) is 1.32. The minimum Gasteiger partial charge on any atom is -0.481 e. The summed E-state index contributed by atoms with van der Waals surface area (Å²) in [6.45, 7) is 4.39. The lowest BCUT2D eigenvalue weighted by Gasteiger charge is -2.06. The van der Waals surface area contributed by atoms with Gasteiger partial charge in [0.05, 0.1) is 7.11 Å². The zero-order chi connectivity index (χ0) is 10.4. The molecule has 0 fully saturated rings. The van der Waals surface area contributed by atoms with Crippen LogP contribution in [0.3, 0.4) is 0 Å². The maximum absolute atomic E-state index is 5.48. The minimum absolute atomic E-state index is 0.199. The highest BCUT2D eigenvalue weighted by Crippen LogP contribution is 2.13. The molecule has 1 heterocycles. The summed E-state index contributed by atoms with van der Waals surface area (Å²) in [5, 5.41) is 3.08. The molecule has 76 valence electrons. The predicted octanol–water partition coefficient (Wildman–Crippen LogP) is 1.06. The van der Waals surface area contributed by atoms with Crippen molar-refractivity contribution in [3.05, 3.63) is 18.7 Å². The smallest absolute Gasteiger partial charge is 0.225 e. The highest BCUT2D eigenvalue weighted by molar-refractivity contribution is 5.42. The van der Waals surface area contributed by atoms with Gasteiger partial charge in [0, 0.05) is 12.6 Å². The number of anilines is 2. The molecule has 0 amide bonds. The Bertz CT molecular complexity index is 314. The van der Waals surface area contributed by atoms with Crippen LogP contribution in [0.25, 0.3) is 0 Å². The Morgan fingerprint density at radius 2 is 2.43 bits per heavy atom. The third-order valence-electron chi connectivity index (χ3n) is 1.58. The van der Waals surface area contributed by atoms with Crippen molar-refractivity contribution in [2.75, 3.05) is 24.7 Å². The van der Waals surface area contributed by atoms with Gasteiger partial charge in [0.2, 0.25) is 11.8 Å². The molecule has 0 aliphatic rings. The van der Waals surface area contributed by atoms with E-state index >= 15 is 0 Å². The molecule has 0 aliphatic heterocycles. The molecule has 0 unspecified atom stereocenters. The Morgan fingerprint density at radius 1 is 1.64 bits per heavy atom. The first kappa shape index (κ1) is 10.3. The van der Waals surface area contributed by atoms with Gasteiger partial charge in [-0.25, -0.2) is 0 Å². The second kappa shape index (κ2) is 5.06. The zero-order valence-corrected chi connectivity index (χ0v) is 8.16. The van der Waals surface area contributed by atoms with E-state index in [1.807, 2.05) is 6.08 Å². The summed E-state index contributed by atoms with van der Waals surface area (Å²) >= 11 is 0. The molecule has 0 spiro atoms. The molecule has 0 bridgehead atoms. The summed E-state index contributed by atoms with van der Waals surface area (Å²) in [6.07, 6.45) is 2.70. The Morgan fingerprint density at radius 3 is 3.07 bits per heavy atom. The number of nitrogen functional groups attached to an aromatic ring is 1. The number of methoxy groups -OCH3 is 1. The monoisotopic (exact) mass is 194 g/mol. The highest BCUT2D eigenvalue weighted by Gasteiger charge is 2.00. The van der Waals surface area contributed by atoms with Gasteiger partial charge in [-0.2, -0.15) is 9.97 Å².